The highest BCUT2D eigenvalue weighted by Crippen LogP contribution is 2.39. The molecule has 0 saturated heterocycles. The summed E-state index contributed by atoms with van der Waals surface area (Å²) in [6.07, 6.45) is 0. The quantitative estimate of drug-likeness (QED) is 0.520. The van der Waals surface area contributed by atoms with Crippen molar-refractivity contribution >= 4 is 25.7 Å². The second-order valence-electron chi connectivity index (χ2n) is 7.63. The van der Waals surface area contributed by atoms with Crippen molar-refractivity contribution in [3.63, 3.8) is 0 Å². The van der Waals surface area contributed by atoms with Crippen molar-refractivity contribution in [2.45, 2.75) is 58.8 Å². The van der Waals surface area contributed by atoms with Crippen LogP contribution in [0.15, 0.2) is 6.07 Å². The molecular formula is C18H29ClFNO3Si. The van der Waals surface area contributed by atoms with Crippen molar-refractivity contribution < 1.29 is 18.3 Å². The molecule has 1 atom stereocenters. The summed E-state index contributed by atoms with van der Waals surface area (Å²) in [6.45, 7) is 14.1. The monoisotopic (exact) mass is 389 g/mol. The molecule has 0 aliphatic carbocycles. The lowest BCUT2D eigenvalue weighted by Gasteiger charge is -2.37. The van der Waals surface area contributed by atoms with Crippen LogP contribution in [0.1, 0.15) is 56.6 Å². The first-order valence-electron chi connectivity index (χ1n) is 8.38. The average Bonchev–Trinajstić information content (AvgIpc) is 2.47. The van der Waals surface area contributed by atoms with Gasteiger partial charge in [0, 0.05) is 0 Å². The SMILES string of the molecule is CCOc1c(C(C)=O)cc(Cl)c(F)c1C(N)CO[Si](C)(C)C(C)(C)C. The first-order chi connectivity index (χ1) is 11.3. The minimum Gasteiger partial charge on any atom is -0.493 e. The van der Waals surface area contributed by atoms with Gasteiger partial charge in [0.2, 0.25) is 0 Å². The van der Waals surface area contributed by atoms with Gasteiger partial charge in [-0.15, -0.1) is 0 Å². The second kappa shape index (κ2) is 8.16. The van der Waals surface area contributed by atoms with Crippen molar-refractivity contribution in [3.8, 4) is 5.75 Å². The molecule has 1 aromatic rings. The Hall–Kier alpha value is -0.953. The Labute approximate surface area is 156 Å². The highest BCUT2D eigenvalue weighted by Gasteiger charge is 2.38. The Kier molecular flexibility index (Phi) is 7.21. The van der Waals surface area contributed by atoms with E-state index in [1.54, 1.807) is 6.92 Å². The average molecular weight is 390 g/mol. The van der Waals surface area contributed by atoms with Crippen molar-refractivity contribution in [3.05, 3.63) is 28.0 Å². The third-order valence-electron chi connectivity index (χ3n) is 4.68. The molecular weight excluding hydrogens is 361 g/mol. The van der Waals surface area contributed by atoms with E-state index in [-0.39, 0.29) is 45.9 Å². The molecule has 1 unspecified atom stereocenters. The van der Waals surface area contributed by atoms with Crippen molar-refractivity contribution in [2.75, 3.05) is 13.2 Å². The van der Waals surface area contributed by atoms with Crippen LogP contribution in [0.5, 0.6) is 5.75 Å². The van der Waals surface area contributed by atoms with Gasteiger partial charge in [0.25, 0.3) is 0 Å². The molecule has 7 heteroatoms. The third-order valence-corrected chi connectivity index (χ3v) is 9.45. The molecule has 0 fully saturated rings. The summed E-state index contributed by atoms with van der Waals surface area (Å²) in [7, 11) is -2.05. The van der Waals surface area contributed by atoms with Gasteiger partial charge >= 0.3 is 0 Å². The van der Waals surface area contributed by atoms with Crippen LogP contribution in [-0.2, 0) is 4.43 Å². The van der Waals surface area contributed by atoms with E-state index >= 15 is 0 Å². The van der Waals surface area contributed by atoms with E-state index in [4.69, 9.17) is 26.5 Å². The van der Waals surface area contributed by atoms with E-state index in [1.165, 1.54) is 13.0 Å². The first-order valence-corrected chi connectivity index (χ1v) is 11.7. The maximum absolute atomic E-state index is 14.7. The van der Waals surface area contributed by atoms with Gasteiger partial charge in [-0.05, 0) is 38.0 Å². The Bertz CT molecular complexity index is 644. The fourth-order valence-electron chi connectivity index (χ4n) is 2.12. The van der Waals surface area contributed by atoms with Gasteiger partial charge in [0.1, 0.15) is 11.6 Å². The number of Topliss-reactive ketones (excluding diaryl/α,β-unsaturated/α-hetero) is 1. The van der Waals surface area contributed by atoms with Crippen molar-refractivity contribution in [1.29, 1.82) is 0 Å². The summed E-state index contributed by atoms with van der Waals surface area (Å²) in [6, 6.07) is 0.502. The highest BCUT2D eigenvalue weighted by atomic mass is 35.5. The zero-order chi connectivity index (χ0) is 19.6. The van der Waals surface area contributed by atoms with Gasteiger partial charge < -0.3 is 14.9 Å². The maximum Gasteiger partial charge on any atom is 0.192 e. The maximum atomic E-state index is 14.7. The summed E-state index contributed by atoms with van der Waals surface area (Å²) in [5.74, 6) is -0.770. The van der Waals surface area contributed by atoms with E-state index in [9.17, 15) is 9.18 Å². The van der Waals surface area contributed by atoms with Crippen molar-refractivity contribution in [1.82, 2.24) is 0 Å². The molecule has 4 nitrogen and oxygen atoms in total. The number of rotatable bonds is 7. The fourth-order valence-corrected chi connectivity index (χ4v) is 3.36. The smallest absolute Gasteiger partial charge is 0.192 e. The number of hydrogen-bond donors (Lipinski definition) is 1. The normalized spacial score (nSPS) is 13.7. The molecule has 0 aromatic heterocycles. The van der Waals surface area contributed by atoms with E-state index in [1.807, 2.05) is 0 Å². The van der Waals surface area contributed by atoms with E-state index in [0.29, 0.717) is 0 Å². The van der Waals surface area contributed by atoms with E-state index in [2.05, 4.69) is 33.9 Å². The second-order valence-corrected chi connectivity index (χ2v) is 12.8. The van der Waals surface area contributed by atoms with Crippen LogP contribution in [0, 0.1) is 5.82 Å². The summed E-state index contributed by atoms with van der Waals surface area (Å²) in [5, 5.41) is -0.140. The number of hydrogen-bond acceptors (Lipinski definition) is 4. The summed E-state index contributed by atoms with van der Waals surface area (Å²) in [5.41, 5.74) is 6.55. The minimum absolute atomic E-state index is 0.00684. The van der Waals surface area contributed by atoms with Gasteiger partial charge in [0.05, 0.1) is 35.4 Å². The molecule has 0 amide bonds. The van der Waals surface area contributed by atoms with Crippen LogP contribution in [0.3, 0.4) is 0 Å². The Morgan fingerprint density at radius 2 is 1.96 bits per heavy atom. The minimum atomic E-state index is -2.05. The molecule has 0 radical (unpaired) electrons. The predicted molar refractivity (Wildman–Crippen MR) is 103 cm³/mol. The predicted octanol–water partition coefficient (Wildman–Crippen LogP) is 5.10. The van der Waals surface area contributed by atoms with Gasteiger partial charge in [-0.25, -0.2) is 4.39 Å². The number of halogens is 2. The molecule has 0 aliphatic heterocycles. The van der Waals surface area contributed by atoms with Gasteiger partial charge in [-0.1, -0.05) is 32.4 Å². The molecule has 0 heterocycles. The Morgan fingerprint density at radius 3 is 2.40 bits per heavy atom. The molecule has 2 N–H and O–H groups in total. The van der Waals surface area contributed by atoms with Gasteiger partial charge in [-0.3, -0.25) is 4.79 Å². The Morgan fingerprint density at radius 1 is 1.40 bits per heavy atom. The van der Waals surface area contributed by atoms with Gasteiger partial charge in [-0.2, -0.15) is 0 Å². The van der Waals surface area contributed by atoms with Crippen molar-refractivity contribution in [2.24, 2.45) is 5.73 Å². The molecule has 0 spiro atoms. The number of ketones is 1. The topological polar surface area (TPSA) is 61.5 Å². The van der Waals surface area contributed by atoms with Gasteiger partial charge in [0.15, 0.2) is 14.1 Å². The number of carbonyl (C=O) groups excluding carboxylic acids is 1. The van der Waals surface area contributed by atoms with Crippen LogP contribution < -0.4 is 10.5 Å². The third kappa shape index (κ3) is 5.03. The van der Waals surface area contributed by atoms with E-state index < -0.39 is 20.2 Å². The molecule has 0 aliphatic rings. The molecule has 0 saturated carbocycles. The molecule has 142 valence electrons. The fraction of sp³-hybridized carbons (Fsp3) is 0.611. The van der Waals surface area contributed by atoms with Crippen LogP contribution in [0.2, 0.25) is 23.2 Å². The zero-order valence-electron chi connectivity index (χ0n) is 16.1. The first kappa shape index (κ1) is 22.1. The molecule has 1 rings (SSSR count). The summed E-state index contributed by atoms with van der Waals surface area (Å²) < 4.78 is 26.3. The summed E-state index contributed by atoms with van der Waals surface area (Å²) in [4.78, 5) is 11.9. The molecule has 0 bridgehead atoms. The lowest BCUT2D eigenvalue weighted by molar-refractivity contribution is 0.101. The molecule has 1 aromatic carbocycles. The largest absolute Gasteiger partial charge is 0.493 e. The summed E-state index contributed by atoms with van der Waals surface area (Å²) >= 11 is 5.97. The Balaban J connectivity index is 3.28. The number of benzene rings is 1. The molecule has 25 heavy (non-hydrogen) atoms. The highest BCUT2D eigenvalue weighted by molar-refractivity contribution is 6.74. The lowest BCUT2D eigenvalue weighted by Crippen LogP contribution is -2.42. The van der Waals surface area contributed by atoms with Crippen LogP contribution in [0.4, 0.5) is 4.39 Å². The standard InChI is InChI=1S/C18H29ClFNO3Si/c1-8-23-17-12(11(2)22)9-13(19)16(20)15(17)14(21)10-24-25(6,7)18(3,4)5/h9,14H,8,10,21H2,1-7H3. The van der Waals surface area contributed by atoms with Crippen LogP contribution in [0.25, 0.3) is 0 Å². The number of ether oxygens (including phenoxy) is 1. The van der Waals surface area contributed by atoms with Crippen LogP contribution in [-0.4, -0.2) is 27.3 Å². The number of nitrogens with two attached hydrogens (primary N) is 1. The van der Waals surface area contributed by atoms with E-state index in [0.717, 1.165) is 0 Å². The lowest BCUT2D eigenvalue weighted by atomic mass is 10.00. The zero-order valence-corrected chi connectivity index (χ0v) is 17.9. The van der Waals surface area contributed by atoms with Crippen LogP contribution >= 0.6 is 11.6 Å². The number of carbonyl (C=O) groups is 1.